The number of rotatable bonds is 11. The van der Waals surface area contributed by atoms with Crippen molar-refractivity contribution in [1.29, 1.82) is 0 Å². The molecule has 0 bridgehead atoms. The monoisotopic (exact) mass is 504 g/mol. The van der Waals surface area contributed by atoms with E-state index in [0.29, 0.717) is 22.8 Å². The molecule has 1 aromatic heterocycles. The SMILES string of the molecule is COc1cc(OC)c(OC)cc1C=NNC(=O)CSc1nnc(SCc2ccc(C)cc2)s1. The van der Waals surface area contributed by atoms with Crippen LogP contribution in [0.2, 0.25) is 0 Å². The van der Waals surface area contributed by atoms with Gasteiger partial charge in [-0.25, -0.2) is 5.43 Å². The fraction of sp³-hybridized carbons (Fsp3) is 0.273. The van der Waals surface area contributed by atoms with Gasteiger partial charge < -0.3 is 14.2 Å². The summed E-state index contributed by atoms with van der Waals surface area (Å²) in [7, 11) is 4.64. The van der Waals surface area contributed by atoms with E-state index in [1.807, 2.05) is 0 Å². The Labute approximate surface area is 205 Å². The van der Waals surface area contributed by atoms with Crippen LogP contribution in [0.1, 0.15) is 16.7 Å². The number of carbonyl (C=O) groups is 1. The van der Waals surface area contributed by atoms with Crippen LogP contribution in [-0.2, 0) is 10.5 Å². The standard InChI is InChI=1S/C22H24N4O4S3/c1-14-5-7-15(8-6-14)12-31-21-25-26-22(33-21)32-13-20(27)24-23-11-16-9-18(29-3)19(30-4)10-17(16)28-2/h5-11H,12-13H2,1-4H3,(H,24,27). The van der Waals surface area contributed by atoms with E-state index in [4.69, 9.17) is 14.2 Å². The third kappa shape index (κ3) is 7.37. The van der Waals surface area contributed by atoms with Gasteiger partial charge in [-0.1, -0.05) is 64.7 Å². The van der Waals surface area contributed by atoms with E-state index in [1.54, 1.807) is 45.2 Å². The van der Waals surface area contributed by atoms with Crippen LogP contribution in [-0.4, -0.2) is 49.4 Å². The summed E-state index contributed by atoms with van der Waals surface area (Å²) in [6.45, 7) is 2.07. The Morgan fingerprint density at radius 3 is 2.30 bits per heavy atom. The first-order valence-electron chi connectivity index (χ1n) is 9.79. The summed E-state index contributed by atoms with van der Waals surface area (Å²) in [4.78, 5) is 12.2. The van der Waals surface area contributed by atoms with Crippen molar-refractivity contribution >= 4 is 47.0 Å². The normalized spacial score (nSPS) is 10.9. The number of benzene rings is 2. The number of hydrogen-bond donors (Lipinski definition) is 1. The zero-order valence-corrected chi connectivity index (χ0v) is 21.1. The molecule has 0 aliphatic rings. The van der Waals surface area contributed by atoms with Crippen molar-refractivity contribution in [3.05, 3.63) is 53.1 Å². The molecule has 8 nitrogen and oxygen atoms in total. The number of nitrogens with one attached hydrogen (secondary N) is 1. The number of carbonyl (C=O) groups excluding carboxylic acids is 1. The number of amides is 1. The molecule has 0 spiro atoms. The highest BCUT2D eigenvalue weighted by Gasteiger charge is 2.11. The zero-order chi connectivity index (χ0) is 23.6. The lowest BCUT2D eigenvalue weighted by Gasteiger charge is -2.11. The van der Waals surface area contributed by atoms with Crippen molar-refractivity contribution in [2.24, 2.45) is 5.10 Å². The molecule has 0 radical (unpaired) electrons. The van der Waals surface area contributed by atoms with E-state index in [1.165, 1.54) is 40.4 Å². The van der Waals surface area contributed by atoms with Crippen molar-refractivity contribution in [3.63, 3.8) is 0 Å². The lowest BCUT2D eigenvalue weighted by atomic mass is 10.2. The smallest absolute Gasteiger partial charge is 0.250 e. The van der Waals surface area contributed by atoms with E-state index in [0.717, 1.165) is 14.4 Å². The third-order valence-electron chi connectivity index (χ3n) is 4.33. The van der Waals surface area contributed by atoms with Gasteiger partial charge >= 0.3 is 0 Å². The maximum absolute atomic E-state index is 12.2. The number of aryl methyl sites for hydroxylation is 1. The molecule has 1 N–H and O–H groups in total. The third-order valence-corrected chi connectivity index (χ3v) is 7.59. The van der Waals surface area contributed by atoms with Crippen LogP contribution in [0.25, 0.3) is 0 Å². The molecule has 1 heterocycles. The molecule has 0 aliphatic heterocycles. The van der Waals surface area contributed by atoms with Crippen molar-refractivity contribution in [2.75, 3.05) is 27.1 Å². The first kappa shape index (κ1) is 24.9. The van der Waals surface area contributed by atoms with Gasteiger partial charge in [-0.3, -0.25) is 4.79 Å². The number of ether oxygens (including phenoxy) is 3. The van der Waals surface area contributed by atoms with E-state index < -0.39 is 0 Å². The molecule has 174 valence electrons. The van der Waals surface area contributed by atoms with Gasteiger partial charge in [-0.05, 0) is 18.6 Å². The Kier molecular flexibility index (Phi) is 9.40. The van der Waals surface area contributed by atoms with E-state index in [2.05, 4.69) is 51.9 Å². The van der Waals surface area contributed by atoms with Gasteiger partial charge in [0.05, 0.1) is 33.3 Å². The minimum atomic E-state index is -0.250. The molecule has 0 aliphatic carbocycles. The van der Waals surface area contributed by atoms with E-state index in [-0.39, 0.29) is 11.7 Å². The lowest BCUT2D eigenvalue weighted by molar-refractivity contribution is -0.118. The van der Waals surface area contributed by atoms with E-state index in [9.17, 15) is 4.79 Å². The second-order valence-corrected chi connectivity index (χ2v) is 10.1. The highest BCUT2D eigenvalue weighted by atomic mass is 32.2. The van der Waals surface area contributed by atoms with Crippen molar-refractivity contribution < 1.29 is 19.0 Å². The topological polar surface area (TPSA) is 94.9 Å². The summed E-state index contributed by atoms with van der Waals surface area (Å²) in [6.07, 6.45) is 1.49. The van der Waals surface area contributed by atoms with Crippen LogP contribution in [0.5, 0.6) is 17.2 Å². The van der Waals surface area contributed by atoms with Crippen LogP contribution in [0.15, 0.2) is 50.2 Å². The maximum atomic E-state index is 12.2. The molecule has 33 heavy (non-hydrogen) atoms. The number of thioether (sulfide) groups is 2. The van der Waals surface area contributed by atoms with Crippen LogP contribution >= 0.6 is 34.9 Å². The molecule has 0 fully saturated rings. The molecule has 3 rings (SSSR count). The first-order valence-corrected chi connectivity index (χ1v) is 12.6. The molecule has 0 unspecified atom stereocenters. The van der Waals surface area contributed by atoms with Gasteiger partial charge in [0.1, 0.15) is 5.75 Å². The molecule has 0 saturated heterocycles. The fourth-order valence-corrected chi connectivity index (χ4v) is 5.40. The quantitative estimate of drug-likeness (QED) is 0.233. The molecule has 0 atom stereocenters. The highest BCUT2D eigenvalue weighted by molar-refractivity contribution is 8.03. The molecule has 11 heteroatoms. The van der Waals surface area contributed by atoms with Crippen LogP contribution < -0.4 is 19.6 Å². The highest BCUT2D eigenvalue weighted by Crippen LogP contribution is 2.34. The Morgan fingerprint density at radius 1 is 1.00 bits per heavy atom. The number of hydrazone groups is 1. The minimum Gasteiger partial charge on any atom is -0.496 e. The van der Waals surface area contributed by atoms with Crippen LogP contribution in [0.3, 0.4) is 0 Å². The summed E-state index contributed by atoms with van der Waals surface area (Å²) < 4.78 is 17.5. The fourth-order valence-electron chi connectivity index (χ4n) is 2.63. The number of methoxy groups -OCH3 is 3. The maximum Gasteiger partial charge on any atom is 0.250 e. The summed E-state index contributed by atoms with van der Waals surface area (Å²) in [5.74, 6) is 2.38. The minimum absolute atomic E-state index is 0.178. The second-order valence-electron chi connectivity index (χ2n) is 6.64. The van der Waals surface area contributed by atoms with Crippen molar-refractivity contribution in [1.82, 2.24) is 15.6 Å². The Morgan fingerprint density at radius 2 is 1.64 bits per heavy atom. The summed E-state index contributed by atoms with van der Waals surface area (Å²) >= 11 is 4.43. The average Bonchev–Trinajstić information content (AvgIpc) is 3.30. The first-order chi connectivity index (χ1) is 16.0. The van der Waals surface area contributed by atoms with E-state index >= 15 is 0 Å². The van der Waals surface area contributed by atoms with Gasteiger partial charge in [-0.2, -0.15) is 5.10 Å². The predicted molar refractivity (Wildman–Crippen MR) is 133 cm³/mol. The number of aromatic nitrogens is 2. The predicted octanol–water partition coefficient (Wildman–Crippen LogP) is 4.41. The van der Waals surface area contributed by atoms with Gasteiger partial charge in [0.25, 0.3) is 5.91 Å². The Hall–Kier alpha value is -2.76. The molecule has 1 amide bonds. The van der Waals surface area contributed by atoms with Crippen molar-refractivity contribution in [3.8, 4) is 17.2 Å². The Bertz CT molecular complexity index is 1100. The molecule has 2 aromatic carbocycles. The van der Waals surface area contributed by atoms with Gasteiger partial charge in [0, 0.05) is 17.4 Å². The van der Waals surface area contributed by atoms with Gasteiger partial charge in [0.2, 0.25) is 0 Å². The van der Waals surface area contributed by atoms with Gasteiger partial charge in [-0.15, -0.1) is 10.2 Å². The summed E-state index contributed by atoms with van der Waals surface area (Å²) in [5.41, 5.74) is 5.63. The molecular weight excluding hydrogens is 480 g/mol. The summed E-state index contributed by atoms with van der Waals surface area (Å²) in [6, 6.07) is 11.8. The summed E-state index contributed by atoms with van der Waals surface area (Å²) in [5, 5.41) is 12.4. The molecule has 0 saturated carbocycles. The lowest BCUT2D eigenvalue weighted by Crippen LogP contribution is -2.19. The average molecular weight is 505 g/mol. The molecule has 3 aromatic rings. The number of nitrogens with zero attached hydrogens (tertiary/aromatic N) is 3. The van der Waals surface area contributed by atoms with Crippen molar-refractivity contribution in [2.45, 2.75) is 21.4 Å². The zero-order valence-electron chi connectivity index (χ0n) is 18.7. The largest absolute Gasteiger partial charge is 0.496 e. The Balaban J connectivity index is 1.48. The van der Waals surface area contributed by atoms with Crippen LogP contribution in [0.4, 0.5) is 0 Å². The second kappa shape index (κ2) is 12.5. The van der Waals surface area contributed by atoms with Crippen LogP contribution in [0, 0.1) is 6.92 Å². The molecular formula is C22H24N4O4S3. The number of hydrogen-bond acceptors (Lipinski definition) is 10. The van der Waals surface area contributed by atoms with Gasteiger partial charge in [0.15, 0.2) is 20.2 Å².